The summed E-state index contributed by atoms with van der Waals surface area (Å²) in [6, 6.07) is 1.90. The first-order chi connectivity index (χ1) is 7.29. The van der Waals surface area contributed by atoms with E-state index in [2.05, 4.69) is 0 Å². The third-order valence-corrected chi connectivity index (χ3v) is 2.87. The fourth-order valence-corrected chi connectivity index (χ4v) is 1.42. The van der Waals surface area contributed by atoms with E-state index in [1.165, 1.54) is 0 Å². The van der Waals surface area contributed by atoms with Gasteiger partial charge in [0, 0.05) is 17.7 Å². The Kier molecular flexibility index (Phi) is 3.16. The van der Waals surface area contributed by atoms with Crippen molar-refractivity contribution in [2.75, 3.05) is 0 Å². The topological polar surface area (TPSA) is 63.4 Å². The molecule has 0 saturated heterocycles. The van der Waals surface area contributed by atoms with E-state index in [0.29, 0.717) is 12.0 Å². The summed E-state index contributed by atoms with van der Waals surface area (Å²) in [5, 5.41) is 20.2. The molecule has 0 amide bonds. The fourth-order valence-electron chi connectivity index (χ4n) is 1.42. The van der Waals surface area contributed by atoms with Gasteiger partial charge in [-0.05, 0) is 11.8 Å². The standard InChI is InChI=1S/C11H14FNO3/c1-4-11(2,3)7-5-9(13(15)16)8(12)6-10(7)14/h5-6,14H,4H2,1-3H3. The molecule has 0 saturated carbocycles. The maximum absolute atomic E-state index is 13.2. The van der Waals surface area contributed by atoms with Crippen LogP contribution in [0.25, 0.3) is 0 Å². The molecule has 1 aromatic carbocycles. The zero-order chi connectivity index (χ0) is 12.5. The van der Waals surface area contributed by atoms with Gasteiger partial charge in [0.25, 0.3) is 0 Å². The van der Waals surface area contributed by atoms with Gasteiger partial charge in [-0.25, -0.2) is 0 Å². The molecular weight excluding hydrogens is 213 g/mol. The Balaban J connectivity index is 3.42. The first-order valence-corrected chi connectivity index (χ1v) is 4.97. The summed E-state index contributed by atoms with van der Waals surface area (Å²) >= 11 is 0. The van der Waals surface area contributed by atoms with Crippen LogP contribution in [0.1, 0.15) is 32.8 Å². The molecule has 16 heavy (non-hydrogen) atoms. The van der Waals surface area contributed by atoms with Crippen LogP contribution in [-0.4, -0.2) is 10.0 Å². The quantitative estimate of drug-likeness (QED) is 0.637. The molecule has 5 heteroatoms. The van der Waals surface area contributed by atoms with Crippen LogP contribution in [0.2, 0.25) is 0 Å². The van der Waals surface area contributed by atoms with Crippen LogP contribution >= 0.6 is 0 Å². The second-order valence-electron chi connectivity index (χ2n) is 4.32. The SMILES string of the molecule is CCC(C)(C)c1cc([N+](=O)[O-])c(F)cc1O. The number of nitro benzene ring substituents is 1. The lowest BCUT2D eigenvalue weighted by Crippen LogP contribution is -2.16. The van der Waals surface area contributed by atoms with Crippen molar-refractivity contribution in [2.45, 2.75) is 32.6 Å². The Morgan fingerprint density at radius 2 is 2.06 bits per heavy atom. The van der Waals surface area contributed by atoms with Gasteiger partial charge in [0.2, 0.25) is 5.82 Å². The minimum atomic E-state index is -1.02. The number of nitro groups is 1. The molecule has 0 heterocycles. The first kappa shape index (κ1) is 12.4. The summed E-state index contributed by atoms with van der Waals surface area (Å²) in [7, 11) is 0. The summed E-state index contributed by atoms with van der Waals surface area (Å²) < 4.78 is 13.2. The molecule has 4 nitrogen and oxygen atoms in total. The van der Waals surface area contributed by atoms with Crippen molar-refractivity contribution in [2.24, 2.45) is 0 Å². The van der Waals surface area contributed by atoms with Gasteiger partial charge in [0.1, 0.15) is 5.75 Å². The number of hydrogen-bond donors (Lipinski definition) is 1. The van der Waals surface area contributed by atoms with E-state index in [9.17, 15) is 19.6 Å². The van der Waals surface area contributed by atoms with E-state index in [4.69, 9.17) is 0 Å². The van der Waals surface area contributed by atoms with Crippen molar-refractivity contribution < 1.29 is 14.4 Å². The largest absolute Gasteiger partial charge is 0.508 e. The number of phenolic OH excluding ortho intramolecular Hbond substituents is 1. The number of benzene rings is 1. The smallest absolute Gasteiger partial charge is 0.305 e. The zero-order valence-corrected chi connectivity index (χ0v) is 9.45. The number of halogens is 1. The van der Waals surface area contributed by atoms with Gasteiger partial charge < -0.3 is 5.11 Å². The van der Waals surface area contributed by atoms with Gasteiger partial charge in [-0.3, -0.25) is 10.1 Å². The van der Waals surface area contributed by atoms with Crippen LogP contribution in [0.3, 0.4) is 0 Å². The van der Waals surface area contributed by atoms with E-state index >= 15 is 0 Å². The Hall–Kier alpha value is -1.65. The van der Waals surface area contributed by atoms with Crippen molar-refractivity contribution in [1.82, 2.24) is 0 Å². The Morgan fingerprint density at radius 1 is 1.50 bits per heavy atom. The van der Waals surface area contributed by atoms with E-state index in [1.54, 1.807) is 0 Å². The summed E-state index contributed by atoms with van der Waals surface area (Å²) in [5.74, 6) is -1.26. The normalized spacial score (nSPS) is 11.5. The molecule has 88 valence electrons. The summed E-state index contributed by atoms with van der Waals surface area (Å²) in [4.78, 5) is 9.80. The number of aromatic hydroxyl groups is 1. The van der Waals surface area contributed by atoms with Gasteiger partial charge in [0.05, 0.1) is 4.92 Å². The van der Waals surface area contributed by atoms with Gasteiger partial charge >= 0.3 is 5.69 Å². The van der Waals surface area contributed by atoms with Crippen LogP contribution in [0, 0.1) is 15.9 Å². The van der Waals surface area contributed by atoms with Crippen LogP contribution in [-0.2, 0) is 5.41 Å². The molecule has 1 rings (SSSR count). The molecule has 0 fully saturated rings. The maximum atomic E-state index is 13.2. The van der Waals surface area contributed by atoms with Gasteiger partial charge in [-0.15, -0.1) is 0 Å². The molecule has 0 radical (unpaired) electrons. The lowest BCUT2D eigenvalue weighted by atomic mass is 9.81. The first-order valence-electron chi connectivity index (χ1n) is 4.97. The highest BCUT2D eigenvalue weighted by atomic mass is 19.1. The molecule has 0 atom stereocenters. The molecule has 0 bridgehead atoms. The summed E-state index contributed by atoms with van der Waals surface area (Å²) in [6.07, 6.45) is 0.684. The van der Waals surface area contributed by atoms with Crippen molar-refractivity contribution in [3.63, 3.8) is 0 Å². The highest BCUT2D eigenvalue weighted by Crippen LogP contribution is 2.37. The zero-order valence-electron chi connectivity index (χ0n) is 9.45. The fraction of sp³-hybridized carbons (Fsp3) is 0.455. The minimum absolute atomic E-state index is 0.241. The Morgan fingerprint density at radius 3 is 2.50 bits per heavy atom. The molecule has 0 spiro atoms. The van der Waals surface area contributed by atoms with Crippen molar-refractivity contribution in [1.29, 1.82) is 0 Å². The lowest BCUT2D eigenvalue weighted by Gasteiger charge is -2.23. The van der Waals surface area contributed by atoms with Crippen molar-refractivity contribution in [3.05, 3.63) is 33.6 Å². The molecule has 0 aliphatic heterocycles. The van der Waals surface area contributed by atoms with Crippen molar-refractivity contribution in [3.8, 4) is 5.75 Å². The molecule has 1 aromatic rings. The van der Waals surface area contributed by atoms with Crippen LogP contribution < -0.4 is 0 Å². The Labute approximate surface area is 92.9 Å². The third kappa shape index (κ3) is 2.13. The average Bonchev–Trinajstić information content (AvgIpc) is 2.16. The predicted octanol–water partition coefficient (Wildman–Crippen LogP) is 3.13. The molecule has 0 unspecified atom stereocenters. The number of rotatable bonds is 3. The van der Waals surface area contributed by atoms with Gasteiger partial charge in [0.15, 0.2) is 0 Å². The lowest BCUT2D eigenvalue weighted by molar-refractivity contribution is -0.387. The van der Waals surface area contributed by atoms with Crippen LogP contribution in [0.4, 0.5) is 10.1 Å². The van der Waals surface area contributed by atoms with Gasteiger partial charge in [-0.1, -0.05) is 20.8 Å². The number of nitrogens with zero attached hydrogens (tertiary/aromatic N) is 1. The van der Waals surface area contributed by atoms with E-state index in [0.717, 1.165) is 12.1 Å². The van der Waals surface area contributed by atoms with E-state index in [1.807, 2.05) is 20.8 Å². The van der Waals surface area contributed by atoms with Crippen molar-refractivity contribution >= 4 is 5.69 Å². The molecule has 0 aliphatic carbocycles. The average molecular weight is 227 g/mol. The summed E-state index contributed by atoms with van der Waals surface area (Å²) in [6.45, 7) is 5.57. The second-order valence-corrected chi connectivity index (χ2v) is 4.32. The highest BCUT2D eigenvalue weighted by Gasteiger charge is 2.27. The van der Waals surface area contributed by atoms with Crippen LogP contribution in [0.5, 0.6) is 5.75 Å². The molecular formula is C11H14FNO3. The monoisotopic (exact) mass is 227 g/mol. The van der Waals surface area contributed by atoms with E-state index in [-0.39, 0.29) is 5.75 Å². The Bertz CT molecular complexity index is 429. The third-order valence-electron chi connectivity index (χ3n) is 2.87. The minimum Gasteiger partial charge on any atom is -0.508 e. The summed E-state index contributed by atoms with van der Waals surface area (Å²) in [5.41, 5.74) is -0.639. The van der Waals surface area contributed by atoms with E-state index < -0.39 is 21.8 Å². The second kappa shape index (κ2) is 4.08. The molecule has 0 aliphatic rings. The predicted molar refractivity (Wildman–Crippen MR) is 58.0 cm³/mol. The van der Waals surface area contributed by atoms with Crippen LogP contribution in [0.15, 0.2) is 12.1 Å². The molecule has 0 aromatic heterocycles. The number of hydrogen-bond acceptors (Lipinski definition) is 3. The maximum Gasteiger partial charge on any atom is 0.305 e. The van der Waals surface area contributed by atoms with Gasteiger partial charge in [-0.2, -0.15) is 4.39 Å². The molecule has 1 N–H and O–H groups in total. The highest BCUT2D eigenvalue weighted by molar-refractivity contribution is 5.47. The number of phenols is 1.